The summed E-state index contributed by atoms with van der Waals surface area (Å²) in [6.07, 6.45) is -0.636. The Hall–Kier alpha value is -4.31. The molecule has 0 aliphatic heterocycles. The molecule has 9 nitrogen and oxygen atoms in total. The lowest BCUT2D eigenvalue weighted by molar-refractivity contribution is 0.144. The fourth-order valence-corrected chi connectivity index (χ4v) is 5.45. The molecule has 198 valence electrons. The Morgan fingerprint density at radius 3 is 2.50 bits per heavy atom. The Bertz CT molecular complexity index is 1570. The van der Waals surface area contributed by atoms with E-state index in [1.807, 2.05) is 54.1 Å². The van der Waals surface area contributed by atoms with Gasteiger partial charge in [-0.15, -0.1) is 0 Å². The van der Waals surface area contributed by atoms with E-state index in [2.05, 4.69) is 4.98 Å². The number of nitrogens with zero attached hydrogens (tertiary/aromatic N) is 1. The van der Waals surface area contributed by atoms with Gasteiger partial charge in [-0.3, -0.25) is 0 Å². The van der Waals surface area contributed by atoms with Gasteiger partial charge in [-0.1, -0.05) is 42.0 Å². The van der Waals surface area contributed by atoms with Crippen molar-refractivity contribution in [2.24, 2.45) is 0 Å². The predicted octanol–water partition coefficient (Wildman–Crippen LogP) is 4.58. The Balaban J connectivity index is 1.57. The minimum atomic E-state index is -4.25. The number of para-hydroxylation sites is 1. The number of nitrogens with two attached hydrogens (primary N) is 1. The summed E-state index contributed by atoms with van der Waals surface area (Å²) in [6.45, 7) is 1.87. The van der Waals surface area contributed by atoms with Gasteiger partial charge >= 0.3 is 6.09 Å². The zero-order valence-corrected chi connectivity index (χ0v) is 22.1. The van der Waals surface area contributed by atoms with Crippen molar-refractivity contribution in [2.45, 2.75) is 24.2 Å². The Morgan fingerprint density at radius 2 is 1.74 bits per heavy atom. The molecule has 3 aromatic carbocycles. The summed E-state index contributed by atoms with van der Waals surface area (Å²) in [5.74, 6) is 1.24. The number of hydrogen-bond donors (Lipinski definition) is 2. The standard InChI is InChI=1S/C28H29N3O6S/c1-18-11-13-24(35-2)19(15-18)16-20(21-7-4-5-9-25(21)36-3)17-37-28(32)31-38(33,34)26-10-6-8-23-22(26)12-14-27(29)30-23/h4-15,20H,16-17H2,1-3H3,(H2,29,30)(H,31,32)/t20-/m0/s1. The average Bonchev–Trinajstić information content (AvgIpc) is 2.90. The Kier molecular flexibility index (Phi) is 8.02. The summed E-state index contributed by atoms with van der Waals surface area (Å²) >= 11 is 0. The number of amides is 1. The van der Waals surface area contributed by atoms with Crippen LogP contribution in [-0.2, 0) is 21.2 Å². The Morgan fingerprint density at radius 1 is 0.974 bits per heavy atom. The molecule has 0 saturated heterocycles. The number of fused-ring (bicyclic) bond motifs is 1. The molecular formula is C28H29N3O6S. The lowest BCUT2D eigenvalue weighted by Crippen LogP contribution is -2.32. The summed E-state index contributed by atoms with van der Waals surface area (Å²) in [7, 11) is -1.09. The summed E-state index contributed by atoms with van der Waals surface area (Å²) in [6, 6.07) is 20.9. The second kappa shape index (κ2) is 11.4. The van der Waals surface area contributed by atoms with E-state index in [4.69, 9.17) is 19.9 Å². The monoisotopic (exact) mass is 535 g/mol. The number of anilines is 1. The van der Waals surface area contributed by atoms with E-state index in [1.165, 1.54) is 18.2 Å². The molecular weight excluding hydrogens is 506 g/mol. The van der Waals surface area contributed by atoms with Crippen LogP contribution in [-0.4, -0.2) is 40.3 Å². The lowest BCUT2D eigenvalue weighted by atomic mass is 9.91. The second-order valence-electron chi connectivity index (χ2n) is 8.72. The number of nitrogens with one attached hydrogen (secondary N) is 1. The number of carbonyl (C=O) groups excluding carboxylic acids is 1. The number of carbonyl (C=O) groups is 1. The van der Waals surface area contributed by atoms with Crippen molar-refractivity contribution in [1.29, 1.82) is 0 Å². The average molecular weight is 536 g/mol. The summed E-state index contributed by atoms with van der Waals surface area (Å²) in [4.78, 5) is 16.8. The molecule has 0 radical (unpaired) electrons. The van der Waals surface area contributed by atoms with Gasteiger partial charge in [-0.25, -0.2) is 22.9 Å². The van der Waals surface area contributed by atoms with Crippen LogP contribution in [0.3, 0.4) is 0 Å². The van der Waals surface area contributed by atoms with E-state index >= 15 is 0 Å². The highest BCUT2D eigenvalue weighted by molar-refractivity contribution is 7.90. The largest absolute Gasteiger partial charge is 0.496 e. The third kappa shape index (κ3) is 5.97. The molecule has 1 amide bonds. The van der Waals surface area contributed by atoms with Gasteiger partial charge in [0.25, 0.3) is 10.0 Å². The zero-order valence-electron chi connectivity index (χ0n) is 21.3. The lowest BCUT2D eigenvalue weighted by Gasteiger charge is -2.21. The maximum absolute atomic E-state index is 13.1. The van der Waals surface area contributed by atoms with Crippen molar-refractivity contribution in [1.82, 2.24) is 9.71 Å². The van der Waals surface area contributed by atoms with Crippen LogP contribution in [0.15, 0.2) is 77.7 Å². The van der Waals surface area contributed by atoms with Gasteiger partial charge in [-0.05, 0) is 55.3 Å². The van der Waals surface area contributed by atoms with Gasteiger partial charge in [0.05, 0.1) is 24.6 Å². The number of sulfonamides is 1. The van der Waals surface area contributed by atoms with Gasteiger partial charge in [-0.2, -0.15) is 0 Å². The third-order valence-electron chi connectivity index (χ3n) is 6.12. The second-order valence-corrected chi connectivity index (χ2v) is 10.4. The normalized spacial score (nSPS) is 12.1. The van der Waals surface area contributed by atoms with E-state index in [-0.39, 0.29) is 23.2 Å². The van der Waals surface area contributed by atoms with E-state index in [9.17, 15) is 13.2 Å². The van der Waals surface area contributed by atoms with Crippen molar-refractivity contribution in [3.63, 3.8) is 0 Å². The first-order chi connectivity index (χ1) is 18.2. The molecule has 0 bridgehead atoms. The fourth-order valence-electron chi connectivity index (χ4n) is 4.34. The number of ether oxygens (including phenoxy) is 3. The quantitative estimate of drug-likeness (QED) is 0.318. The highest BCUT2D eigenvalue weighted by atomic mass is 32.2. The van der Waals surface area contributed by atoms with Crippen LogP contribution in [0.25, 0.3) is 10.9 Å². The van der Waals surface area contributed by atoms with Gasteiger partial charge in [0.2, 0.25) is 0 Å². The number of nitrogen functional groups attached to an aromatic ring is 1. The van der Waals surface area contributed by atoms with Gasteiger partial charge in [0.15, 0.2) is 0 Å². The summed E-state index contributed by atoms with van der Waals surface area (Å²) in [5, 5.41) is 0.334. The van der Waals surface area contributed by atoms with Crippen LogP contribution >= 0.6 is 0 Å². The number of rotatable bonds is 9. The van der Waals surface area contributed by atoms with Crippen LogP contribution in [0.5, 0.6) is 11.5 Å². The van der Waals surface area contributed by atoms with Crippen molar-refractivity contribution in [3.8, 4) is 11.5 Å². The zero-order chi connectivity index (χ0) is 27.3. The molecule has 38 heavy (non-hydrogen) atoms. The number of aromatic nitrogens is 1. The van der Waals surface area contributed by atoms with E-state index in [0.717, 1.165) is 16.7 Å². The van der Waals surface area contributed by atoms with Crippen LogP contribution in [0, 0.1) is 6.92 Å². The summed E-state index contributed by atoms with van der Waals surface area (Å²) < 4.78 is 44.7. The van der Waals surface area contributed by atoms with Crippen LogP contribution < -0.4 is 19.9 Å². The first kappa shape index (κ1) is 26.7. The van der Waals surface area contributed by atoms with Crippen molar-refractivity contribution >= 4 is 32.8 Å². The molecule has 3 N–H and O–H groups in total. The van der Waals surface area contributed by atoms with Gasteiger partial charge in [0, 0.05) is 16.9 Å². The number of benzene rings is 3. The van der Waals surface area contributed by atoms with Crippen molar-refractivity contribution in [3.05, 3.63) is 89.5 Å². The smallest absolute Gasteiger partial charge is 0.421 e. The van der Waals surface area contributed by atoms with Crippen LogP contribution in [0.1, 0.15) is 22.6 Å². The van der Waals surface area contributed by atoms with Gasteiger partial charge in [0.1, 0.15) is 23.9 Å². The molecule has 0 spiro atoms. The first-order valence-electron chi connectivity index (χ1n) is 11.8. The van der Waals surface area contributed by atoms with E-state index in [1.54, 1.807) is 26.4 Å². The highest BCUT2D eigenvalue weighted by Gasteiger charge is 2.24. The van der Waals surface area contributed by atoms with E-state index < -0.39 is 16.1 Å². The molecule has 1 atom stereocenters. The molecule has 4 rings (SSSR count). The number of pyridine rings is 1. The molecule has 0 fully saturated rings. The molecule has 0 unspecified atom stereocenters. The molecule has 0 aliphatic rings. The number of hydrogen-bond acceptors (Lipinski definition) is 8. The number of aryl methyl sites for hydroxylation is 1. The molecule has 1 heterocycles. The Labute approximate surface area is 221 Å². The minimum Gasteiger partial charge on any atom is -0.496 e. The van der Waals surface area contributed by atoms with E-state index in [0.29, 0.717) is 28.8 Å². The third-order valence-corrected chi connectivity index (χ3v) is 7.49. The van der Waals surface area contributed by atoms with Crippen LogP contribution in [0.4, 0.5) is 10.6 Å². The predicted molar refractivity (Wildman–Crippen MR) is 145 cm³/mol. The topological polar surface area (TPSA) is 130 Å². The van der Waals surface area contributed by atoms with Crippen molar-refractivity contribution in [2.75, 3.05) is 26.6 Å². The first-order valence-corrected chi connectivity index (χ1v) is 13.3. The maximum atomic E-state index is 13.1. The molecule has 10 heteroatoms. The SMILES string of the molecule is COc1ccc(C)cc1C[C@@H](COC(=O)NS(=O)(=O)c1cccc2nc(N)ccc12)c1ccccc1OC. The fraction of sp³-hybridized carbons (Fsp3) is 0.214. The summed E-state index contributed by atoms with van der Waals surface area (Å²) in [5.41, 5.74) is 8.89. The highest BCUT2D eigenvalue weighted by Crippen LogP contribution is 2.33. The maximum Gasteiger partial charge on any atom is 0.421 e. The molecule has 0 saturated carbocycles. The minimum absolute atomic E-state index is 0.105. The number of methoxy groups -OCH3 is 2. The molecule has 0 aliphatic carbocycles. The molecule has 1 aromatic heterocycles. The van der Waals surface area contributed by atoms with Gasteiger partial charge < -0.3 is 19.9 Å². The molecule has 4 aromatic rings. The van der Waals surface area contributed by atoms with Crippen molar-refractivity contribution < 1.29 is 27.4 Å². The van der Waals surface area contributed by atoms with Crippen LogP contribution in [0.2, 0.25) is 0 Å².